The Kier molecular flexibility index (Phi) is 5.74. The molecule has 2 aliphatic heterocycles. The van der Waals surface area contributed by atoms with Crippen LogP contribution in [0.15, 0.2) is 54.6 Å². The summed E-state index contributed by atoms with van der Waals surface area (Å²) in [7, 11) is 0. The van der Waals surface area contributed by atoms with Gasteiger partial charge in [0.1, 0.15) is 0 Å². The van der Waals surface area contributed by atoms with Crippen LogP contribution in [-0.4, -0.2) is 41.1 Å². The summed E-state index contributed by atoms with van der Waals surface area (Å²) in [5, 5.41) is 8.53. The van der Waals surface area contributed by atoms with Crippen molar-refractivity contribution in [3.63, 3.8) is 0 Å². The first-order valence-corrected chi connectivity index (χ1v) is 10.00. The number of carbonyl (C=O) groups excluding carboxylic acids is 2. The molecule has 2 aromatic rings. The largest absolute Gasteiger partial charge is 0.310 e. The monoisotopic (exact) mass is 391 g/mol. The van der Waals surface area contributed by atoms with E-state index in [0.717, 1.165) is 55.7 Å². The number of hydrogen-bond donors (Lipinski definition) is 2. The van der Waals surface area contributed by atoms with Gasteiger partial charge in [-0.1, -0.05) is 42.5 Å². The molecular formula is C23H25N3O3. The summed E-state index contributed by atoms with van der Waals surface area (Å²) < 4.78 is 0. The third kappa shape index (κ3) is 4.23. The van der Waals surface area contributed by atoms with Gasteiger partial charge in [-0.3, -0.25) is 19.7 Å². The molecule has 1 saturated heterocycles. The van der Waals surface area contributed by atoms with Crippen LogP contribution in [0.2, 0.25) is 0 Å². The summed E-state index contributed by atoms with van der Waals surface area (Å²) in [6.45, 7) is 2.42. The lowest BCUT2D eigenvalue weighted by atomic mass is 10.1. The molecule has 0 aromatic heterocycles. The van der Waals surface area contributed by atoms with Crippen molar-refractivity contribution < 1.29 is 14.8 Å². The second-order valence-electron chi connectivity index (χ2n) is 7.55. The molecule has 2 heterocycles. The van der Waals surface area contributed by atoms with E-state index in [2.05, 4.69) is 11.0 Å². The van der Waals surface area contributed by atoms with Crippen molar-refractivity contribution >= 4 is 23.6 Å². The Bertz CT molecular complexity index is 923. The lowest BCUT2D eigenvalue weighted by Gasteiger charge is -2.28. The van der Waals surface area contributed by atoms with E-state index in [1.165, 1.54) is 11.6 Å². The van der Waals surface area contributed by atoms with Gasteiger partial charge in [-0.15, -0.1) is 0 Å². The summed E-state index contributed by atoms with van der Waals surface area (Å²) in [5.41, 5.74) is 5.90. The van der Waals surface area contributed by atoms with Crippen LogP contribution in [-0.2, 0) is 22.6 Å². The number of para-hydroxylation sites is 1. The lowest BCUT2D eigenvalue weighted by Crippen LogP contribution is -2.45. The highest BCUT2D eigenvalue weighted by atomic mass is 16.5. The van der Waals surface area contributed by atoms with E-state index in [-0.39, 0.29) is 11.9 Å². The molecule has 2 aliphatic rings. The highest BCUT2D eigenvalue weighted by Crippen LogP contribution is 2.31. The molecule has 2 amide bonds. The predicted octanol–water partition coefficient (Wildman–Crippen LogP) is 2.76. The molecule has 2 N–H and O–H groups in total. The van der Waals surface area contributed by atoms with Gasteiger partial charge in [0.2, 0.25) is 5.91 Å². The minimum atomic E-state index is -0.559. The van der Waals surface area contributed by atoms with Crippen LogP contribution in [0.1, 0.15) is 29.5 Å². The second-order valence-corrected chi connectivity index (χ2v) is 7.55. The van der Waals surface area contributed by atoms with Crippen molar-refractivity contribution in [2.45, 2.75) is 31.8 Å². The Labute approximate surface area is 170 Å². The summed E-state index contributed by atoms with van der Waals surface area (Å²) in [5.74, 6) is -0.349. The van der Waals surface area contributed by atoms with Crippen molar-refractivity contribution in [3.05, 3.63) is 71.3 Å². The first kappa shape index (κ1) is 19.4. The Morgan fingerprint density at radius 1 is 1.10 bits per heavy atom. The van der Waals surface area contributed by atoms with E-state index < -0.39 is 5.91 Å². The molecule has 29 heavy (non-hydrogen) atoms. The number of benzene rings is 2. The number of nitrogens with one attached hydrogen (secondary N) is 1. The van der Waals surface area contributed by atoms with Gasteiger partial charge < -0.3 is 4.90 Å². The fourth-order valence-electron chi connectivity index (χ4n) is 4.22. The van der Waals surface area contributed by atoms with Gasteiger partial charge in [-0.2, -0.15) is 0 Å². The molecule has 0 radical (unpaired) electrons. The van der Waals surface area contributed by atoms with Crippen LogP contribution in [0, 0.1) is 0 Å². The molecule has 1 fully saturated rings. The van der Waals surface area contributed by atoms with Crippen LogP contribution >= 0.6 is 0 Å². The summed E-state index contributed by atoms with van der Waals surface area (Å²) in [4.78, 5) is 28.6. The minimum absolute atomic E-state index is 0.0750. The van der Waals surface area contributed by atoms with E-state index in [1.54, 1.807) is 11.6 Å². The fraction of sp³-hybridized carbons (Fsp3) is 0.304. The third-order valence-corrected chi connectivity index (χ3v) is 5.70. The molecule has 1 unspecified atom stereocenters. The highest BCUT2D eigenvalue weighted by molar-refractivity contribution is 5.99. The van der Waals surface area contributed by atoms with Crippen molar-refractivity contribution in [1.82, 2.24) is 10.4 Å². The first-order valence-electron chi connectivity index (χ1n) is 10.00. The molecule has 0 bridgehead atoms. The number of carbonyl (C=O) groups is 2. The van der Waals surface area contributed by atoms with E-state index in [1.807, 2.05) is 47.4 Å². The van der Waals surface area contributed by atoms with Crippen LogP contribution in [0.4, 0.5) is 5.69 Å². The Morgan fingerprint density at radius 2 is 1.90 bits per heavy atom. The van der Waals surface area contributed by atoms with E-state index in [4.69, 9.17) is 5.21 Å². The fourth-order valence-corrected chi connectivity index (χ4v) is 4.22. The Morgan fingerprint density at radius 3 is 2.69 bits per heavy atom. The zero-order valence-electron chi connectivity index (χ0n) is 16.3. The quantitative estimate of drug-likeness (QED) is 0.467. The zero-order chi connectivity index (χ0) is 20.2. The smallest absolute Gasteiger partial charge is 0.267 e. The summed E-state index contributed by atoms with van der Waals surface area (Å²) >= 11 is 0. The number of hydroxylamine groups is 1. The number of anilines is 1. The average Bonchev–Trinajstić information content (AvgIpc) is 3.39. The van der Waals surface area contributed by atoms with Gasteiger partial charge in [-0.25, -0.2) is 5.48 Å². The molecule has 0 aliphatic carbocycles. The minimum Gasteiger partial charge on any atom is -0.310 e. The van der Waals surface area contributed by atoms with Crippen molar-refractivity contribution in [1.29, 1.82) is 0 Å². The molecule has 1 atom stereocenters. The molecule has 0 saturated carbocycles. The van der Waals surface area contributed by atoms with Crippen LogP contribution in [0.3, 0.4) is 0 Å². The summed E-state index contributed by atoms with van der Waals surface area (Å²) in [6.07, 6.45) is 5.77. The number of amides is 2. The highest BCUT2D eigenvalue weighted by Gasteiger charge is 2.36. The van der Waals surface area contributed by atoms with Crippen LogP contribution in [0.5, 0.6) is 0 Å². The van der Waals surface area contributed by atoms with Gasteiger partial charge in [-0.05, 0) is 54.6 Å². The second kappa shape index (κ2) is 8.59. The van der Waals surface area contributed by atoms with Crippen molar-refractivity contribution in [3.8, 4) is 0 Å². The summed E-state index contributed by atoms with van der Waals surface area (Å²) in [6, 6.07) is 16.0. The zero-order valence-corrected chi connectivity index (χ0v) is 16.3. The van der Waals surface area contributed by atoms with Crippen LogP contribution in [0.25, 0.3) is 6.08 Å². The molecule has 4 rings (SSSR count). The molecular weight excluding hydrogens is 366 g/mol. The number of likely N-dealkylation sites (tertiary alicyclic amines) is 1. The third-order valence-electron chi connectivity index (χ3n) is 5.70. The van der Waals surface area contributed by atoms with Crippen molar-refractivity contribution in [2.75, 3.05) is 18.0 Å². The van der Waals surface area contributed by atoms with E-state index in [0.29, 0.717) is 0 Å². The SMILES string of the molecule is O=C(C=Cc1ccc(CN2CCCC2C(=O)N2CCc3ccccc32)cc1)NO. The Balaban J connectivity index is 1.42. The van der Waals surface area contributed by atoms with E-state index in [9.17, 15) is 9.59 Å². The molecule has 150 valence electrons. The predicted molar refractivity (Wildman–Crippen MR) is 111 cm³/mol. The number of hydrogen-bond acceptors (Lipinski definition) is 4. The van der Waals surface area contributed by atoms with Gasteiger partial charge >= 0.3 is 0 Å². The number of fused-ring (bicyclic) bond motifs is 1. The molecule has 2 aromatic carbocycles. The van der Waals surface area contributed by atoms with E-state index >= 15 is 0 Å². The maximum absolute atomic E-state index is 13.3. The number of nitrogens with zero attached hydrogens (tertiary/aromatic N) is 2. The van der Waals surface area contributed by atoms with Gasteiger partial charge in [0.15, 0.2) is 0 Å². The maximum atomic E-state index is 13.3. The average molecular weight is 391 g/mol. The standard InChI is InChI=1S/C23H25N3O3/c27-22(24-29)12-11-17-7-9-18(10-8-17)16-25-14-3-6-21(25)23(28)26-15-13-19-4-1-2-5-20(19)26/h1-2,4-5,7-12,21,29H,3,6,13-16H2,(H,24,27). The first-order chi connectivity index (χ1) is 14.2. The van der Waals surface area contributed by atoms with Gasteiger partial charge in [0, 0.05) is 24.9 Å². The maximum Gasteiger partial charge on any atom is 0.267 e. The number of rotatable bonds is 5. The Hall–Kier alpha value is -2.96. The van der Waals surface area contributed by atoms with Crippen molar-refractivity contribution in [2.24, 2.45) is 0 Å². The van der Waals surface area contributed by atoms with Gasteiger partial charge in [0.25, 0.3) is 5.91 Å². The normalized spacial score (nSPS) is 18.9. The lowest BCUT2D eigenvalue weighted by molar-refractivity contribution is -0.124. The molecule has 6 nitrogen and oxygen atoms in total. The topological polar surface area (TPSA) is 72.9 Å². The molecule has 6 heteroatoms. The van der Waals surface area contributed by atoms with Gasteiger partial charge in [0.05, 0.1) is 6.04 Å². The molecule has 0 spiro atoms. The van der Waals surface area contributed by atoms with Crippen LogP contribution < -0.4 is 10.4 Å².